The van der Waals surface area contributed by atoms with Crippen LogP contribution < -0.4 is 0 Å². The van der Waals surface area contributed by atoms with E-state index in [1.807, 2.05) is 0 Å². The third kappa shape index (κ3) is 2.77. The minimum Gasteiger partial charge on any atom is -0.382 e. The average Bonchev–Trinajstić information content (AvgIpc) is 2.67. The van der Waals surface area contributed by atoms with Crippen LogP contribution in [0.1, 0.15) is 25.2 Å². The molecule has 3 nitrogen and oxygen atoms in total. The van der Waals surface area contributed by atoms with Crippen LogP contribution in [-0.4, -0.2) is 29.1 Å². The van der Waals surface area contributed by atoms with Crippen molar-refractivity contribution in [2.75, 3.05) is 19.6 Å². The van der Waals surface area contributed by atoms with Crippen molar-refractivity contribution in [3.63, 3.8) is 0 Å². The number of aryl methyl sites for hydroxylation is 2. The molecule has 0 saturated carbocycles. The van der Waals surface area contributed by atoms with Gasteiger partial charge in [-0.05, 0) is 38.5 Å². The number of aromatic nitrogens is 2. The summed E-state index contributed by atoms with van der Waals surface area (Å²) in [6.45, 7) is 7.07. The maximum absolute atomic E-state index is 5.91. The van der Waals surface area contributed by atoms with E-state index in [1.54, 1.807) is 7.11 Å². The molecule has 4 heteroatoms. The highest BCUT2D eigenvalue weighted by Crippen LogP contribution is 2.27. The van der Waals surface area contributed by atoms with E-state index < -0.39 is 0 Å². The lowest BCUT2D eigenvalue weighted by Gasteiger charge is -2.28. The molecule has 0 aliphatic heterocycles. The Kier molecular flexibility index (Phi) is 4.16. The number of alkyl halides is 1. The summed E-state index contributed by atoms with van der Waals surface area (Å²) in [5, 5.41) is 0. The second-order valence-electron chi connectivity index (χ2n) is 5.54. The summed E-state index contributed by atoms with van der Waals surface area (Å²) in [5.74, 6) is 1.60. The fourth-order valence-corrected chi connectivity index (χ4v) is 2.75. The van der Waals surface area contributed by atoms with Crippen LogP contribution in [0, 0.1) is 6.92 Å². The van der Waals surface area contributed by atoms with Gasteiger partial charge in [0.1, 0.15) is 5.82 Å². The first kappa shape index (κ1) is 14.4. The van der Waals surface area contributed by atoms with Crippen molar-refractivity contribution < 1.29 is 4.74 Å². The summed E-state index contributed by atoms with van der Waals surface area (Å²) < 4.78 is 7.63. The number of imidazole rings is 1. The van der Waals surface area contributed by atoms with Gasteiger partial charge in [0.05, 0.1) is 23.2 Å². The Hall–Kier alpha value is -1.06. The van der Waals surface area contributed by atoms with Crippen LogP contribution in [-0.2, 0) is 16.7 Å². The summed E-state index contributed by atoms with van der Waals surface area (Å²) in [5.41, 5.74) is 3.27. The Morgan fingerprint density at radius 1 is 1.37 bits per heavy atom. The molecule has 0 amide bonds. The zero-order chi connectivity index (χ0) is 14.0. The van der Waals surface area contributed by atoms with Crippen LogP contribution in [0.2, 0.25) is 0 Å². The zero-order valence-corrected chi connectivity index (χ0v) is 12.8. The van der Waals surface area contributed by atoms with E-state index in [0.29, 0.717) is 12.5 Å². The smallest absolute Gasteiger partial charge is 0.111 e. The van der Waals surface area contributed by atoms with Crippen LogP contribution in [0.25, 0.3) is 11.0 Å². The van der Waals surface area contributed by atoms with Gasteiger partial charge in [-0.3, -0.25) is 0 Å². The predicted octanol–water partition coefficient (Wildman–Crippen LogP) is 3.51. The molecule has 19 heavy (non-hydrogen) atoms. The molecule has 1 aromatic carbocycles. The molecule has 0 aliphatic carbocycles. The predicted molar refractivity (Wildman–Crippen MR) is 80.1 cm³/mol. The molecular weight excluding hydrogens is 260 g/mol. The lowest BCUT2D eigenvalue weighted by atomic mass is 10.1. The molecule has 2 rings (SSSR count). The molecule has 0 unspecified atom stereocenters. The second kappa shape index (κ2) is 5.51. The van der Waals surface area contributed by atoms with Gasteiger partial charge in [0.2, 0.25) is 0 Å². The first-order valence-electron chi connectivity index (χ1n) is 6.53. The van der Waals surface area contributed by atoms with Gasteiger partial charge in [-0.15, -0.1) is 11.6 Å². The number of benzene rings is 1. The van der Waals surface area contributed by atoms with E-state index in [2.05, 4.69) is 43.5 Å². The fraction of sp³-hybridized carbons (Fsp3) is 0.533. The van der Waals surface area contributed by atoms with E-state index in [9.17, 15) is 0 Å². The van der Waals surface area contributed by atoms with E-state index in [-0.39, 0.29) is 5.54 Å². The molecule has 1 aromatic heterocycles. The van der Waals surface area contributed by atoms with E-state index in [1.165, 1.54) is 5.56 Å². The lowest BCUT2D eigenvalue weighted by molar-refractivity contribution is 0.110. The van der Waals surface area contributed by atoms with Gasteiger partial charge >= 0.3 is 0 Å². The van der Waals surface area contributed by atoms with Crippen molar-refractivity contribution in [1.82, 2.24) is 9.55 Å². The summed E-state index contributed by atoms with van der Waals surface area (Å²) in [7, 11) is 1.73. The average molecular weight is 281 g/mol. The molecule has 0 radical (unpaired) electrons. The molecule has 0 fully saturated rings. The van der Waals surface area contributed by atoms with Crippen LogP contribution >= 0.6 is 11.6 Å². The molecular formula is C15H21ClN2O. The number of fused-ring (bicyclic) bond motifs is 1. The molecule has 0 saturated heterocycles. The van der Waals surface area contributed by atoms with Gasteiger partial charge in [-0.2, -0.15) is 0 Å². The van der Waals surface area contributed by atoms with Gasteiger partial charge in [-0.1, -0.05) is 6.07 Å². The quantitative estimate of drug-likeness (QED) is 0.784. The standard InChI is InChI=1S/C15H21ClN2O/c1-11-5-6-12-13(9-11)18(14(17-12)7-8-16)15(2,3)10-19-4/h5-6,9H,7-8,10H2,1-4H3. The molecule has 1 heterocycles. The first-order chi connectivity index (χ1) is 8.99. The molecule has 2 aromatic rings. The number of halogens is 1. The molecule has 0 bridgehead atoms. The van der Waals surface area contributed by atoms with Crippen molar-refractivity contribution >= 4 is 22.6 Å². The number of nitrogens with zero attached hydrogens (tertiary/aromatic N) is 2. The zero-order valence-electron chi connectivity index (χ0n) is 12.0. The van der Waals surface area contributed by atoms with Gasteiger partial charge in [-0.25, -0.2) is 4.98 Å². The fourth-order valence-electron chi connectivity index (χ4n) is 2.58. The number of rotatable bonds is 5. The van der Waals surface area contributed by atoms with Crippen LogP contribution in [0.4, 0.5) is 0 Å². The number of methoxy groups -OCH3 is 1. The minimum absolute atomic E-state index is 0.140. The summed E-state index contributed by atoms with van der Waals surface area (Å²) >= 11 is 5.91. The first-order valence-corrected chi connectivity index (χ1v) is 7.06. The minimum atomic E-state index is -0.140. The Balaban J connectivity index is 2.66. The molecule has 0 N–H and O–H groups in total. The van der Waals surface area contributed by atoms with Crippen molar-refractivity contribution in [3.05, 3.63) is 29.6 Å². The molecule has 0 aliphatic rings. The number of hydrogen-bond donors (Lipinski definition) is 0. The van der Waals surface area contributed by atoms with E-state index in [4.69, 9.17) is 21.3 Å². The van der Waals surface area contributed by atoms with Gasteiger partial charge in [0, 0.05) is 19.4 Å². The topological polar surface area (TPSA) is 27.1 Å². The van der Waals surface area contributed by atoms with Crippen LogP contribution in [0.5, 0.6) is 0 Å². The van der Waals surface area contributed by atoms with E-state index >= 15 is 0 Å². The third-order valence-corrected chi connectivity index (χ3v) is 3.49. The van der Waals surface area contributed by atoms with Crippen molar-refractivity contribution in [1.29, 1.82) is 0 Å². The Morgan fingerprint density at radius 3 is 2.74 bits per heavy atom. The Morgan fingerprint density at radius 2 is 2.11 bits per heavy atom. The van der Waals surface area contributed by atoms with Crippen molar-refractivity contribution in [2.24, 2.45) is 0 Å². The lowest BCUT2D eigenvalue weighted by Crippen LogP contribution is -2.33. The van der Waals surface area contributed by atoms with E-state index in [0.717, 1.165) is 23.3 Å². The highest BCUT2D eigenvalue weighted by Gasteiger charge is 2.25. The van der Waals surface area contributed by atoms with Crippen LogP contribution in [0.3, 0.4) is 0 Å². The van der Waals surface area contributed by atoms with Gasteiger partial charge in [0.25, 0.3) is 0 Å². The van der Waals surface area contributed by atoms with Crippen LogP contribution in [0.15, 0.2) is 18.2 Å². The second-order valence-corrected chi connectivity index (χ2v) is 5.92. The summed E-state index contributed by atoms with van der Waals surface area (Å²) in [4.78, 5) is 4.72. The number of hydrogen-bond acceptors (Lipinski definition) is 2. The highest BCUT2D eigenvalue weighted by molar-refractivity contribution is 6.17. The maximum Gasteiger partial charge on any atom is 0.111 e. The third-order valence-electron chi connectivity index (χ3n) is 3.30. The monoisotopic (exact) mass is 280 g/mol. The normalized spacial score (nSPS) is 12.3. The molecule has 0 atom stereocenters. The maximum atomic E-state index is 5.91. The Bertz CT molecular complexity index is 575. The molecule has 104 valence electrons. The van der Waals surface area contributed by atoms with Crippen molar-refractivity contribution in [2.45, 2.75) is 32.7 Å². The highest BCUT2D eigenvalue weighted by atomic mass is 35.5. The SMILES string of the molecule is COCC(C)(C)n1c(CCCl)nc2ccc(C)cc21. The van der Waals surface area contributed by atoms with Gasteiger partial charge in [0.15, 0.2) is 0 Å². The summed E-state index contributed by atoms with van der Waals surface area (Å²) in [6, 6.07) is 6.34. The number of ether oxygens (including phenoxy) is 1. The summed E-state index contributed by atoms with van der Waals surface area (Å²) in [6.07, 6.45) is 0.766. The van der Waals surface area contributed by atoms with Crippen molar-refractivity contribution in [3.8, 4) is 0 Å². The Labute approximate surface area is 119 Å². The molecule has 0 spiro atoms. The largest absolute Gasteiger partial charge is 0.382 e. The van der Waals surface area contributed by atoms with Gasteiger partial charge < -0.3 is 9.30 Å².